The fourth-order valence-corrected chi connectivity index (χ4v) is 14.6. The van der Waals surface area contributed by atoms with Crippen molar-refractivity contribution < 1.29 is 80.2 Å². The van der Waals surface area contributed by atoms with Crippen molar-refractivity contribution in [2.45, 2.75) is 470 Å². The quantitative estimate of drug-likeness (QED) is 0.0222. The average Bonchev–Trinajstić information content (AvgIpc) is 1.14. The zero-order valence-electron chi connectivity index (χ0n) is 66.6. The van der Waals surface area contributed by atoms with Crippen LogP contribution in [0.1, 0.15) is 451 Å². The Labute approximate surface area is 626 Å². The molecule has 0 aromatic heterocycles. The summed E-state index contributed by atoms with van der Waals surface area (Å²) in [6, 6.07) is 0. The van der Waals surface area contributed by atoms with Crippen molar-refractivity contribution >= 4 is 39.5 Å². The Morgan fingerprint density at radius 3 is 0.578 bits per heavy atom. The molecule has 0 aromatic carbocycles. The van der Waals surface area contributed by atoms with Crippen molar-refractivity contribution in [3.8, 4) is 0 Å². The van der Waals surface area contributed by atoms with Gasteiger partial charge in [-0.1, -0.05) is 400 Å². The van der Waals surface area contributed by atoms with Gasteiger partial charge in [0.25, 0.3) is 0 Å². The van der Waals surface area contributed by atoms with E-state index in [0.717, 1.165) is 103 Å². The number of hydrogen-bond donors (Lipinski definition) is 3. The summed E-state index contributed by atoms with van der Waals surface area (Å²) in [4.78, 5) is 72.9. The summed E-state index contributed by atoms with van der Waals surface area (Å²) >= 11 is 0. The predicted octanol–water partition coefficient (Wildman–Crippen LogP) is 25.4. The molecule has 102 heavy (non-hydrogen) atoms. The van der Waals surface area contributed by atoms with Crippen LogP contribution in [0.3, 0.4) is 0 Å². The van der Waals surface area contributed by atoms with Crippen molar-refractivity contribution in [2.75, 3.05) is 39.6 Å². The van der Waals surface area contributed by atoms with Crippen molar-refractivity contribution in [2.24, 2.45) is 0 Å². The first-order chi connectivity index (χ1) is 49.7. The molecule has 0 heterocycles. The SMILES string of the molecule is CCCCCCCCCCCCCCCCCCCCCCCCC(=O)O[C@H](COC(=O)CCCCCCCCCCCCCCCCCCCC)COP(=O)(O)OC[C@@H](O)COP(=O)(O)OC[C@@H](COC(=O)CCCCCCCCC)OC(=O)CCCCCCCCCCCCCCCCC. The number of esters is 4. The maximum Gasteiger partial charge on any atom is 0.472 e. The maximum absolute atomic E-state index is 13.1. The molecule has 0 spiro atoms. The number of carbonyl (C=O) groups excluding carboxylic acids is 4. The first-order valence-electron chi connectivity index (χ1n) is 43.3. The molecule has 0 aliphatic carbocycles. The minimum absolute atomic E-state index is 0.108. The molecular formula is C83H162O17P2. The predicted molar refractivity (Wildman–Crippen MR) is 419 cm³/mol. The Morgan fingerprint density at radius 1 is 0.235 bits per heavy atom. The summed E-state index contributed by atoms with van der Waals surface area (Å²) in [6.45, 7) is 5.00. The van der Waals surface area contributed by atoms with Gasteiger partial charge in [0.1, 0.15) is 19.3 Å². The van der Waals surface area contributed by atoms with Crippen LogP contribution >= 0.6 is 15.6 Å². The molecule has 0 bridgehead atoms. The number of aliphatic hydroxyl groups excluding tert-OH is 1. The first kappa shape index (κ1) is 100. The van der Waals surface area contributed by atoms with E-state index < -0.39 is 97.5 Å². The van der Waals surface area contributed by atoms with E-state index in [0.29, 0.717) is 25.7 Å². The second-order valence-corrected chi connectivity index (χ2v) is 32.8. The Balaban J connectivity index is 5.15. The third-order valence-electron chi connectivity index (χ3n) is 19.6. The molecule has 0 aromatic rings. The van der Waals surface area contributed by atoms with Crippen molar-refractivity contribution in [1.82, 2.24) is 0 Å². The average molecular weight is 1490 g/mol. The topological polar surface area (TPSA) is 237 Å². The molecule has 19 heteroatoms. The lowest BCUT2D eigenvalue weighted by molar-refractivity contribution is -0.161. The molecule has 0 radical (unpaired) electrons. The van der Waals surface area contributed by atoms with Gasteiger partial charge >= 0.3 is 39.5 Å². The van der Waals surface area contributed by atoms with Gasteiger partial charge in [-0.25, -0.2) is 9.13 Å². The standard InChI is InChI=1S/C83H162O17P2/c1-5-9-13-17-21-24-27-30-33-35-37-38-39-40-42-45-48-51-54-58-62-66-70-83(88)100-79(74-94-81(86)68-64-60-56-52-49-46-44-41-36-34-31-28-25-22-18-14-10-6-2)76-98-102(91,92)96-72-77(84)71-95-101(89,90)97-75-78(73-93-80(85)67-63-59-55-20-16-12-8-4)99-82(87)69-65-61-57-53-50-47-43-32-29-26-23-19-15-11-7-3/h77-79,84H,5-76H2,1-4H3,(H,89,90)(H,91,92)/t77-,78+,79+/m0/s1. The van der Waals surface area contributed by atoms with Crippen LogP contribution in [0.5, 0.6) is 0 Å². The summed E-state index contributed by atoms with van der Waals surface area (Å²) in [5.74, 6) is -2.11. The molecule has 0 saturated carbocycles. The fraction of sp³-hybridized carbons (Fsp3) is 0.952. The minimum atomic E-state index is -4.96. The van der Waals surface area contributed by atoms with Gasteiger partial charge in [0.15, 0.2) is 12.2 Å². The van der Waals surface area contributed by atoms with E-state index in [4.69, 9.17) is 37.0 Å². The van der Waals surface area contributed by atoms with E-state index in [9.17, 15) is 43.2 Å². The van der Waals surface area contributed by atoms with Gasteiger partial charge < -0.3 is 33.8 Å². The van der Waals surface area contributed by atoms with E-state index >= 15 is 0 Å². The highest BCUT2D eigenvalue weighted by Crippen LogP contribution is 2.45. The Hall–Kier alpha value is -1.94. The molecule has 5 atom stereocenters. The number of aliphatic hydroxyl groups is 1. The summed E-state index contributed by atoms with van der Waals surface area (Å²) in [5.41, 5.74) is 0. The minimum Gasteiger partial charge on any atom is -0.462 e. The molecule has 0 saturated heterocycles. The van der Waals surface area contributed by atoms with Crippen LogP contribution in [-0.4, -0.2) is 96.7 Å². The molecule has 17 nitrogen and oxygen atoms in total. The molecular weight excluding hydrogens is 1330 g/mol. The van der Waals surface area contributed by atoms with Gasteiger partial charge in [-0.3, -0.25) is 37.3 Å². The van der Waals surface area contributed by atoms with E-state index in [1.807, 2.05) is 0 Å². The first-order valence-corrected chi connectivity index (χ1v) is 46.3. The normalized spacial score (nSPS) is 13.8. The van der Waals surface area contributed by atoms with Gasteiger partial charge in [0, 0.05) is 25.7 Å². The number of carbonyl (C=O) groups is 4. The number of rotatable bonds is 84. The molecule has 0 aliphatic rings. The van der Waals surface area contributed by atoms with Crippen LogP contribution in [-0.2, 0) is 65.4 Å². The Kier molecular flexibility index (Phi) is 75.8. The van der Waals surface area contributed by atoms with Crippen LogP contribution in [0.2, 0.25) is 0 Å². The number of ether oxygens (including phenoxy) is 4. The largest absolute Gasteiger partial charge is 0.472 e. The van der Waals surface area contributed by atoms with Crippen LogP contribution < -0.4 is 0 Å². The van der Waals surface area contributed by atoms with Gasteiger partial charge in [-0.2, -0.15) is 0 Å². The van der Waals surface area contributed by atoms with Crippen LogP contribution in [0, 0.1) is 0 Å². The third kappa shape index (κ3) is 76.3. The van der Waals surface area contributed by atoms with E-state index in [1.54, 1.807) is 0 Å². The monoisotopic (exact) mass is 1490 g/mol. The van der Waals surface area contributed by atoms with E-state index in [1.165, 1.54) is 270 Å². The van der Waals surface area contributed by atoms with Gasteiger partial charge in [-0.05, 0) is 25.7 Å². The Morgan fingerprint density at radius 2 is 0.392 bits per heavy atom. The van der Waals surface area contributed by atoms with Crippen molar-refractivity contribution in [3.63, 3.8) is 0 Å². The Bertz CT molecular complexity index is 1930. The lowest BCUT2D eigenvalue weighted by Gasteiger charge is -2.21. The smallest absolute Gasteiger partial charge is 0.462 e. The highest BCUT2D eigenvalue weighted by molar-refractivity contribution is 7.47. The maximum atomic E-state index is 13.1. The molecule has 0 amide bonds. The van der Waals surface area contributed by atoms with Crippen molar-refractivity contribution in [3.05, 3.63) is 0 Å². The number of phosphoric ester groups is 2. The zero-order chi connectivity index (χ0) is 74.6. The molecule has 2 unspecified atom stereocenters. The summed E-state index contributed by atoms with van der Waals surface area (Å²) in [6.07, 6.45) is 71.1. The highest BCUT2D eigenvalue weighted by atomic mass is 31.2. The summed E-state index contributed by atoms with van der Waals surface area (Å²) < 4.78 is 68.7. The molecule has 606 valence electrons. The van der Waals surface area contributed by atoms with Gasteiger partial charge in [0.05, 0.1) is 26.4 Å². The molecule has 0 rings (SSSR count). The zero-order valence-corrected chi connectivity index (χ0v) is 68.4. The number of unbranched alkanes of at least 4 members (excludes halogenated alkanes) is 58. The van der Waals surface area contributed by atoms with Gasteiger partial charge in [0.2, 0.25) is 0 Å². The fourth-order valence-electron chi connectivity index (χ4n) is 13.0. The summed E-state index contributed by atoms with van der Waals surface area (Å²) in [5, 5.41) is 10.6. The van der Waals surface area contributed by atoms with Crippen molar-refractivity contribution in [1.29, 1.82) is 0 Å². The second kappa shape index (κ2) is 77.2. The molecule has 3 N–H and O–H groups in total. The lowest BCUT2D eigenvalue weighted by atomic mass is 10.0. The number of phosphoric acid groups is 2. The van der Waals surface area contributed by atoms with E-state index in [2.05, 4.69) is 27.7 Å². The molecule has 0 aliphatic heterocycles. The lowest BCUT2D eigenvalue weighted by Crippen LogP contribution is -2.30. The molecule has 0 fully saturated rings. The number of hydrogen-bond acceptors (Lipinski definition) is 15. The van der Waals surface area contributed by atoms with E-state index in [-0.39, 0.29) is 25.7 Å². The van der Waals surface area contributed by atoms with Crippen LogP contribution in [0.4, 0.5) is 0 Å². The third-order valence-corrected chi connectivity index (χ3v) is 21.5. The van der Waals surface area contributed by atoms with Gasteiger partial charge in [-0.15, -0.1) is 0 Å². The highest BCUT2D eigenvalue weighted by Gasteiger charge is 2.30. The summed E-state index contributed by atoms with van der Waals surface area (Å²) in [7, 11) is -9.91. The van der Waals surface area contributed by atoms with Crippen LogP contribution in [0.15, 0.2) is 0 Å². The van der Waals surface area contributed by atoms with Crippen LogP contribution in [0.25, 0.3) is 0 Å². The second-order valence-electron chi connectivity index (χ2n) is 29.9.